The Bertz CT molecular complexity index is 220. The lowest BCUT2D eigenvalue weighted by Crippen LogP contribution is -1.82. The topological polar surface area (TPSA) is 33.1 Å². The lowest BCUT2D eigenvalue weighted by atomic mass is 10.3. The second kappa shape index (κ2) is 2.05. The van der Waals surface area contributed by atoms with E-state index in [0.717, 1.165) is 5.69 Å². The van der Waals surface area contributed by atoms with Crippen molar-refractivity contribution >= 4 is 0 Å². The maximum absolute atomic E-state index is 8.93. The molecule has 1 aromatic rings. The number of nitrogens with zero attached hydrogens (tertiary/aromatic N) is 1. The smallest absolute Gasteiger partial charge is 0.214 e. The molecule has 0 amide bonds. The zero-order chi connectivity index (χ0) is 6.85. The number of hydrogen-bond donors (Lipinski definition) is 1. The largest absolute Gasteiger partial charge is 0.493 e. The molecule has 1 heterocycles. The molecule has 1 rings (SSSR count). The molecule has 1 N–H and O–H groups in total. The van der Waals surface area contributed by atoms with Gasteiger partial charge in [0, 0.05) is 11.3 Å². The van der Waals surface area contributed by atoms with Gasteiger partial charge in [-0.2, -0.15) is 0 Å². The molecule has 0 saturated carbocycles. The maximum Gasteiger partial charge on any atom is 0.214 e. The van der Waals surface area contributed by atoms with Gasteiger partial charge in [0.05, 0.1) is 0 Å². The fraction of sp³-hybridized carbons (Fsp3) is 0.143. The molecule has 2 heteroatoms. The maximum atomic E-state index is 8.93. The Kier molecular flexibility index (Phi) is 1.39. The fourth-order valence-electron chi connectivity index (χ4n) is 0.572. The van der Waals surface area contributed by atoms with Crippen LogP contribution in [0.4, 0.5) is 0 Å². The third-order valence-electron chi connectivity index (χ3n) is 1.10. The van der Waals surface area contributed by atoms with Crippen LogP contribution in [0, 0.1) is 13.8 Å². The molecule has 9 heavy (non-hydrogen) atoms. The van der Waals surface area contributed by atoms with E-state index >= 15 is 0 Å². The van der Waals surface area contributed by atoms with E-state index in [4.69, 9.17) is 5.11 Å². The molecule has 0 aliphatic rings. The summed E-state index contributed by atoms with van der Waals surface area (Å²) in [5.74, 6) is 0.0231. The number of pyridine rings is 1. The van der Waals surface area contributed by atoms with Gasteiger partial charge in [-0.3, -0.25) is 0 Å². The lowest BCUT2D eigenvalue weighted by molar-refractivity contribution is 0.449. The van der Waals surface area contributed by atoms with Gasteiger partial charge in [0.1, 0.15) is 0 Å². The normalized spacial score (nSPS) is 9.56. The summed E-state index contributed by atoms with van der Waals surface area (Å²) in [7, 11) is 0. The minimum atomic E-state index is 0.0231. The van der Waals surface area contributed by atoms with Crippen molar-refractivity contribution in [2.24, 2.45) is 0 Å². The predicted octanol–water partition coefficient (Wildman–Crippen LogP) is 1.28. The Labute approximate surface area is 54.2 Å². The van der Waals surface area contributed by atoms with E-state index in [9.17, 15) is 0 Å². The van der Waals surface area contributed by atoms with Gasteiger partial charge in [-0.15, -0.1) is 0 Å². The van der Waals surface area contributed by atoms with E-state index in [1.54, 1.807) is 6.07 Å². The predicted molar refractivity (Wildman–Crippen MR) is 35.1 cm³/mol. The van der Waals surface area contributed by atoms with Crippen LogP contribution in [0.5, 0.6) is 5.88 Å². The highest BCUT2D eigenvalue weighted by molar-refractivity contribution is 5.28. The highest BCUT2D eigenvalue weighted by atomic mass is 16.3. The second-order valence-corrected chi connectivity index (χ2v) is 1.94. The highest BCUT2D eigenvalue weighted by Gasteiger charge is 1.93. The van der Waals surface area contributed by atoms with Crippen LogP contribution in [-0.2, 0) is 0 Å². The molecular formula is C7H8NO. The van der Waals surface area contributed by atoms with E-state index in [2.05, 4.69) is 11.9 Å². The van der Waals surface area contributed by atoms with Gasteiger partial charge in [-0.05, 0) is 19.9 Å². The lowest BCUT2D eigenvalue weighted by Gasteiger charge is -1.95. The first-order valence-corrected chi connectivity index (χ1v) is 2.69. The zero-order valence-electron chi connectivity index (χ0n) is 5.26. The number of aromatic nitrogens is 1. The van der Waals surface area contributed by atoms with Crippen LogP contribution < -0.4 is 0 Å². The van der Waals surface area contributed by atoms with E-state index in [1.165, 1.54) is 0 Å². The minimum absolute atomic E-state index is 0.0231. The average molecular weight is 122 g/mol. The summed E-state index contributed by atoms with van der Waals surface area (Å²) in [5, 5.41) is 8.93. The number of aryl methyl sites for hydroxylation is 1. The summed E-state index contributed by atoms with van der Waals surface area (Å²) in [4.78, 5) is 3.77. The van der Waals surface area contributed by atoms with E-state index in [0.29, 0.717) is 5.56 Å². The summed E-state index contributed by atoms with van der Waals surface area (Å²) in [5.41, 5.74) is 1.38. The third-order valence-corrected chi connectivity index (χ3v) is 1.10. The number of hydrogen-bond acceptors (Lipinski definition) is 2. The van der Waals surface area contributed by atoms with E-state index < -0.39 is 0 Å². The molecule has 0 unspecified atom stereocenters. The molecule has 0 atom stereocenters. The SMILES string of the molecule is [CH2]c1ccc(C)nc1O. The van der Waals surface area contributed by atoms with Crippen molar-refractivity contribution in [1.82, 2.24) is 4.98 Å². The quantitative estimate of drug-likeness (QED) is 0.562. The molecule has 0 spiro atoms. The molecule has 0 bridgehead atoms. The first-order valence-electron chi connectivity index (χ1n) is 2.69. The Morgan fingerprint density at radius 2 is 2.22 bits per heavy atom. The minimum Gasteiger partial charge on any atom is -0.493 e. The standard InChI is InChI=1S/C7H8NO/c1-5-3-4-6(2)8-7(5)9/h3-4H,1H2,2H3,(H,8,9). The summed E-state index contributed by atoms with van der Waals surface area (Å²) in [6.45, 7) is 5.37. The van der Waals surface area contributed by atoms with Gasteiger partial charge in [0.15, 0.2) is 0 Å². The number of aromatic hydroxyl groups is 1. The van der Waals surface area contributed by atoms with E-state index in [-0.39, 0.29) is 5.88 Å². The summed E-state index contributed by atoms with van der Waals surface area (Å²) in [6, 6.07) is 3.54. The van der Waals surface area contributed by atoms with Crippen LogP contribution in [-0.4, -0.2) is 10.1 Å². The van der Waals surface area contributed by atoms with Gasteiger partial charge in [-0.25, -0.2) is 4.98 Å². The molecule has 1 radical (unpaired) electrons. The van der Waals surface area contributed by atoms with Gasteiger partial charge in [-0.1, -0.05) is 6.07 Å². The Balaban J connectivity index is 3.17. The van der Waals surface area contributed by atoms with Crippen molar-refractivity contribution < 1.29 is 5.11 Å². The molecule has 2 nitrogen and oxygen atoms in total. The van der Waals surface area contributed by atoms with Crippen molar-refractivity contribution in [2.75, 3.05) is 0 Å². The molecule has 0 saturated heterocycles. The van der Waals surface area contributed by atoms with Crippen molar-refractivity contribution in [3.8, 4) is 5.88 Å². The van der Waals surface area contributed by atoms with Gasteiger partial charge >= 0.3 is 0 Å². The highest BCUT2D eigenvalue weighted by Crippen LogP contribution is 2.10. The molecule has 47 valence electrons. The third kappa shape index (κ3) is 1.19. The average Bonchev–Trinajstić information content (AvgIpc) is 1.80. The van der Waals surface area contributed by atoms with E-state index in [1.807, 2.05) is 13.0 Å². The van der Waals surface area contributed by atoms with Crippen molar-refractivity contribution in [2.45, 2.75) is 6.92 Å². The number of rotatable bonds is 0. The Morgan fingerprint density at radius 3 is 2.67 bits per heavy atom. The van der Waals surface area contributed by atoms with Gasteiger partial charge in [0.25, 0.3) is 0 Å². The summed E-state index contributed by atoms with van der Waals surface area (Å²) < 4.78 is 0. The van der Waals surface area contributed by atoms with Crippen molar-refractivity contribution in [3.05, 3.63) is 30.3 Å². The molecular weight excluding hydrogens is 114 g/mol. The Hall–Kier alpha value is -1.05. The zero-order valence-corrected chi connectivity index (χ0v) is 5.26. The van der Waals surface area contributed by atoms with Crippen molar-refractivity contribution in [1.29, 1.82) is 0 Å². The van der Waals surface area contributed by atoms with Gasteiger partial charge < -0.3 is 5.11 Å². The second-order valence-electron chi connectivity index (χ2n) is 1.94. The summed E-state index contributed by atoms with van der Waals surface area (Å²) in [6.07, 6.45) is 0. The van der Waals surface area contributed by atoms with Crippen LogP contribution in [0.2, 0.25) is 0 Å². The van der Waals surface area contributed by atoms with Gasteiger partial charge in [0.2, 0.25) is 5.88 Å². The summed E-state index contributed by atoms with van der Waals surface area (Å²) >= 11 is 0. The molecule has 0 aliphatic carbocycles. The monoisotopic (exact) mass is 122 g/mol. The molecule has 0 fully saturated rings. The first kappa shape index (κ1) is 6.08. The first-order chi connectivity index (χ1) is 4.20. The van der Waals surface area contributed by atoms with Crippen molar-refractivity contribution in [3.63, 3.8) is 0 Å². The molecule has 0 aliphatic heterocycles. The van der Waals surface area contributed by atoms with Crippen LogP contribution in [0.1, 0.15) is 11.3 Å². The van der Waals surface area contributed by atoms with Crippen LogP contribution in [0.25, 0.3) is 0 Å². The Morgan fingerprint density at radius 1 is 1.56 bits per heavy atom. The fourth-order valence-corrected chi connectivity index (χ4v) is 0.572. The van der Waals surface area contributed by atoms with Crippen LogP contribution >= 0.6 is 0 Å². The van der Waals surface area contributed by atoms with Crippen LogP contribution in [0.3, 0.4) is 0 Å². The molecule has 0 aromatic carbocycles. The van der Waals surface area contributed by atoms with Crippen LogP contribution in [0.15, 0.2) is 12.1 Å². The molecule has 1 aromatic heterocycles.